The highest BCUT2D eigenvalue weighted by Crippen LogP contribution is 2.42. The number of benzene rings is 2. The molecule has 0 radical (unpaired) electrons. The van der Waals surface area contributed by atoms with Gasteiger partial charge in [0.15, 0.2) is 0 Å². The van der Waals surface area contributed by atoms with Gasteiger partial charge in [0.05, 0.1) is 16.8 Å². The average molecular weight is 407 g/mol. The van der Waals surface area contributed by atoms with Gasteiger partial charge in [0.1, 0.15) is 0 Å². The van der Waals surface area contributed by atoms with Gasteiger partial charge in [0.2, 0.25) is 10.0 Å². The van der Waals surface area contributed by atoms with Gasteiger partial charge in [0.25, 0.3) is 0 Å². The van der Waals surface area contributed by atoms with Crippen molar-refractivity contribution >= 4 is 27.3 Å². The lowest BCUT2D eigenvalue weighted by atomic mass is 9.97. The second-order valence-electron chi connectivity index (χ2n) is 5.74. The fourth-order valence-electron chi connectivity index (χ4n) is 2.49. The molecule has 2 aromatic carbocycles. The second kappa shape index (κ2) is 7.85. The third kappa shape index (κ3) is 5.36. The maximum atomic E-state index is 13.4. The van der Waals surface area contributed by atoms with Crippen LogP contribution in [-0.2, 0) is 22.6 Å². The SMILES string of the molecule is CNc1cc(Cl)c(-c2ccc(CCNS(C)(=O)=O)cc2)c(C(F)(F)F)c1. The molecule has 0 spiro atoms. The summed E-state index contributed by atoms with van der Waals surface area (Å²) in [5.74, 6) is 0. The van der Waals surface area contributed by atoms with Crippen molar-refractivity contribution in [3.63, 3.8) is 0 Å². The smallest absolute Gasteiger partial charge is 0.388 e. The molecule has 0 unspecified atom stereocenters. The fraction of sp³-hybridized carbons (Fsp3) is 0.294. The van der Waals surface area contributed by atoms with E-state index in [1.54, 1.807) is 24.3 Å². The Balaban J connectivity index is 2.34. The molecule has 0 aromatic heterocycles. The van der Waals surface area contributed by atoms with Crippen molar-refractivity contribution in [2.24, 2.45) is 0 Å². The summed E-state index contributed by atoms with van der Waals surface area (Å²) in [4.78, 5) is 0. The third-order valence-electron chi connectivity index (χ3n) is 3.70. The second-order valence-corrected chi connectivity index (χ2v) is 7.98. The van der Waals surface area contributed by atoms with Crippen molar-refractivity contribution in [1.29, 1.82) is 0 Å². The highest BCUT2D eigenvalue weighted by atomic mass is 35.5. The van der Waals surface area contributed by atoms with Crippen LogP contribution < -0.4 is 10.0 Å². The molecule has 0 fully saturated rings. The number of sulfonamides is 1. The molecule has 0 aliphatic rings. The minimum absolute atomic E-state index is 0.00401. The molecule has 0 bridgehead atoms. The van der Waals surface area contributed by atoms with Crippen molar-refractivity contribution in [3.8, 4) is 11.1 Å². The van der Waals surface area contributed by atoms with Gasteiger partial charge in [-0.25, -0.2) is 13.1 Å². The van der Waals surface area contributed by atoms with E-state index in [2.05, 4.69) is 10.0 Å². The van der Waals surface area contributed by atoms with E-state index in [1.807, 2.05) is 0 Å². The Bertz CT molecular complexity index is 882. The molecule has 2 rings (SSSR count). The lowest BCUT2D eigenvalue weighted by Crippen LogP contribution is -2.24. The molecule has 142 valence electrons. The Morgan fingerprint density at radius 2 is 1.73 bits per heavy atom. The van der Waals surface area contributed by atoms with Crippen LogP contribution in [0.5, 0.6) is 0 Å². The molecule has 0 saturated heterocycles. The van der Waals surface area contributed by atoms with Crippen molar-refractivity contribution in [1.82, 2.24) is 4.72 Å². The molecule has 4 nitrogen and oxygen atoms in total. The summed E-state index contributed by atoms with van der Waals surface area (Å²) in [5.41, 5.74) is 0.501. The summed E-state index contributed by atoms with van der Waals surface area (Å²) >= 11 is 6.11. The van der Waals surface area contributed by atoms with E-state index in [0.717, 1.165) is 17.9 Å². The zero-order valence-corrected chi connectivity index (χ0v) is 15.7. The lowest BCUT2D eigenvalue weighted by molar-refractivity contribution is -0.137. The number of nitrogens with one attached hydrogen (secondary N) is 2. The minimum atomic E-state index is -4.55. The summed E-state index contributed by atoms with van der Waals surface area (Å²) in [6, 6.07) is 8.86. The number of halogens is 4. The Labute approximate surface area is 155 Å². The van der Waals surface area contributed by atoms with Gasteiger partial charge in [-0.15, -0.1) is 0 Å². The summed E-state index contributed by atoms with van der Waals surface area (Å²) in [6.07, 6.45) is -3.07. The van der Waals surface area contributed by atoms with Crippen LogP contribution in [0.3, 0.4) is 0 Å². The molecule has 9 heteroatoms. The van der Waals surface area contributed by atoms with Crippen LogP contribution in [0.2, 0.25) is 5.02 Å². The van der Waals surface area contributed by atoms with Gasteiger partial charge in [0, 0.05) is 24.8 Å². The van der Waals surface area contributed by atoms with Gasteiger partial charge in [-0.2, -0.15) is 13.2 Å². The van der Waals surface area contributed by atoms with E-state index in [4.69, 9.17) is 11.6 Å². The van der Waals surface area contributed by atoms with Gasteiger partial charge in [-0.05, 0) is 29.7 Å². The zero-order chi connectivity index (χ0) is 19.5. The van der Waals surface area contributed by atoms with Gasteiger partial charge >= 0.3 is 6.18 Å². The van der Waals surface area contributed by atoms with E-state index >= 15 is 0 Å². The van der Waals surface area contributed by atoms with Crippen LogP contribution in [0.15, 0.2) is 36.4 Å². The summed E-state index contributed by atoms with van der Waals surface area (Å²) in [5, 5.41) is 2.66. The predicted molar refractivity (Wildman–Crippen MR) is 98.0 cm³/mol. The number of alkyl halides is 3. The Hall–Kier alpha value is -1.77. The van der Waals surface area contributed by atoms with E-state index in [0.29, 0.717) is 12.0 Å². The molecule has 0 atom stereocenters. The maximum Gasteiger partial charge on any atom is 0.417 e. The third-order valence-corrected chi connectivity index (χ3v) is 4.73. The summed E-state index contributed by atoms with van der Waals surface area (Å²) < 4.78 is 64.8. The molecule has 0 saturated carbocycles. The topological polar surface area (TPSA) is 58.2 Å². The van der Waals surface area contributed by atoms with Crippen LogP contribution in [0.25, 0.3) is 11.1 Å². The van der Waals surface area contributed by atoms with Crippen molar-refractivity contribution in [2.45, 2.75) is 12.6 Å². The van der Waals surface area contributed by atoms with E-state index in [9.17, 15) is 21.6 Å². The highest BCUT2D eigenvalue weighted by molar-refractivity contribution is 7.88. The largest absolute Gasteiger partial charge is 0.417 e. The number of hydrogen-bond acceptors (Lipinski definition) is 3. The number of anilines is 1. The predicted octanol–water partition coefficient (Wildman–Crippen LogP) is 4.16. The molecular formula is C17H18ClF3N2O2S. The molecule has 0 aliphatic heterocycles. The molecule has 2 aromatic rings. The average Bonchev–Trinajstić information content (AvgIpc) is 2.53. The first kappa shape index (κ1) is 20.5. The highest BCUT2D eigenvalue weighted by Gasteiger charge is 2.35. The lowest BCUT2D eigenvalue weighted by Gasteiger charge is -2.17. The maximum absolute atomic E-state index is 13.4. The quantitative estimate of drug-likeness (QED) is 0.757. The van der Waals surface area contributed by atoms with Gasteiger partial charge < -0.3 is 5.32 Å². The molecule has 0 heterocycles. The summed E-state index contributed by atoms with van der Waals surface area (Å²) in [7, 11) is -1.76. The number of hydrogen-bond donors (Lipinski definition) is 2. The normalized spacial score (nSPS) is 12.2. The van der Waals surface area contributed by atoms with Gasteiger partial charge in [-0.3, -0.25) is 0 Å². The first-order valence-corrected chi connectivity index (χ1v) is 9.90. The Morgan fingerprint density at radius 1 is 1.12 bits per heavy atom. The molecule has 0 amide bonds. The van der Waals surface area contributed by atoms with Crippen LogP contribution in [0.1, 0.15) is 11.1 Å². The van der Waals surface area contributed by atoms with Crippen LogP contribution in [0, 0.1) is 0 Å². The molecule has 26 heavy (non-hydrogen) atoms. The molecule has 0 aliphatic carbocycles. The van der Waals surface area contributed by atoms with Crippen LogP contribution in [0.4, 0.5) is 18.9 Å². The van der Waals surface area contributed by atoms with Crippen molar-refractivity contribution in [3.05, 3.63) is 52.5 Å². The fourth-order valence-corrected chi connectivity index (χ4v) is 3.29. The van der Waals surface area contributed by atoms with Crippen LogP contribution >= 0.6 is 11.6 Å². The standard InChI is InChI=1S/C17H18ClF3N2O2S/c1-22-13-9-14(17(19,20)21)16(15(18)10-13)12-5-3-11(4-6-12)7-8-23-26(2,24)25/h3-6,9-10,22-23H,7-8H2,1-2H3. The zero-order valence-electron chi connectivity index (χ0n) is 14.1. The monoisotopic (exact) mass is 406 g/mol. The van der Waals surface area contributed by atoms with Crippen molar-refractivity contribution < 1.29 is 21.6 Å². The van der Waals surface area contributed by atoms with E-state index < -0.39 is 21.8 Å². The minimum Gasteiger partial charge on any atom is -0.388 e. The van der Waals surface area contributed by atoms with E-state index in [1.165, 1.54) is 13.1 Å². The van der Waals surface area contributed by atoms with Crippen LogP contribution in [-0.4, -0.2) is 28.3 Å². The first-order chi connectivity index (χ1) is 12.0. The Morgan fingerprint density at radius 3 is 2.23 bits per heavy atom. The van der Waals surface area contributed by atoms with Gasteiger partial charge in [-0.1, -0.05) is 35.9 Å². The molecule has 2 N–H and O–H groups in total. The summed E-state index contributed by atoms with van der Waals surface area (Å²) in [6.45, 7) is 0.212. The first-order valence-electron chi connectivity index (χ1n) is 7.63. The Kier molecular flexibility index (Phi) is 6.21. The van der Waals surface area contributed by atoms with Crippen molar-refractivity contribution in [2.75, 3.05) is 25.2 Å². The molecular weight excluding hydrogens is 389 g/mol. The number of rotatable bonds is 6. The van der Waals surface area contributed by atoms with E-state index in [-0.39, 0.29) is 22.8 Å².